The van der Waals surface area contributed by atoms with Gasteiger partial charge in [0.2, 0.25) is 0 Å². The SMILES string of the molecule is CCOc1ccc(CN2CCN(Cc3ccc(F)cc3)C2c2ccc(SC)cc2)cc1. The average molecular weight is 437 g/mol. The summed E-state index contributed by atoms with van der Waals surface area (Å²) in [4.78, 5) is 6.27. The van der Waals surface area contributed by atoms with Gasteiger partial charge in [-0.05, 0) is 66.3 Å². The first-order valence-corrected chi connectivity index (χ1v) is 12.0. The molecule has 1 saturated heterocycles. The normalized spacial score (nSPS) is 17.2. The van der Waals surface area contributed by atoms with Gasteiger partial charge in [-0.15, -0.1) is 11.8 Å². The summed E-state index contributed by atoms with van der Waals surface area (Å²) in [6.45, 7) is 6.32. The van der Waals surface area contributed by atoms with E-state index >= 15 is 0 Å². The van der Waals surface area contributed by atoms with Crippen LogP contribution in [0.3, 0.4) is 0 Å². The van der Waals surface area contributed by atoms with E-state index in [2.05, 4.69) is 52.5 Å². The maximum atomic E-state index is 13.4. The molecule has 0 aromatic heterocycles. The molecule has 0 aliphatic carbocycles. The number of halogens is 1. The topological polar surface area (TPSA) is 15.7 Å². The Morgan fingerprint density at radius 1 is 0.839 bits per heavy atom. The highest BCUT2D eigenvalue weighted by atomic mass is 32.2. The van der Waals surface area contributed by atoms with Crippen molar-refractivity contribution in [2.75, 3.05) is 26.0 Å². The van der Waals surface area contributed by atoms with Crippen LogP contribution in [-0.2, 0) is 13.1 Å². The molecule has 1 aliphatic heterocycles. The van der Waals surface area contributed by atoms with Crippen molar-refractivity contribution in [2.45, 2.75) is 31.1 Å². The van der Waals surface area contributed by atoms with Crippen molar-refractivity contribution >= 4 is 11.8 Å². The highest BCUT2D eigenvalue weighted by Crippen LogP contribution is 2.34. The number of hydrogen-bond donors (Lipinski definition) is 0. The van der Waals surface area contributed by atoms with E-state index < -0.39 is 0 Å². The van der Waals surface area contributed by atoms with Crippen LogP contribution in [0.25, 0.3) is 0 Å². The van der Waals surface area contributed by atoms with E-state index in [0.29, 0.717) is 6.61 Å². The van der Waals surface area contributed by atoms with Gasteiger partial charge in [0.25, 0.3) is 0 Å². The fourth-order valence-electron chi connectivity index (χ4n) is 4.18. The maximum Gasteiger partial charge on any atom is 0.123 e. The monoisotopic (exact) mass is 436 g/mol. The van der Waals surface area contributed by atoms with Gasteiger partial charge in [0.1, 0.15) is 11.6 Å². The molecule has 0 spiro atoms. The van der Waals surface area contributed by atoms with Crippen LogP contribution in [0, 0.1) is 5.82 Å². The lowest BCUT2D eigenvalue weighted by Gasteiger charge is -2.31. The molecule has 31 heavy (non-hydrogen) atoms. The lowest BCUT2D eigenvalue weighted by atomic mass is 10.1. The summed E-state index contributed by atoms with van der Waals surface area (Å²) in [5.41, 5.74) is 3.70. The maximum absolute atomic E-state index is 13.4. The van der Waals surface area contributed by atoms with Crippen molar-refractivity contribution in [1.82, 2.24) is 9.80 Å². The third-order valence-electron chi connectivity index (χ3n) is 5.70. The van der Waals surface area contributed by atoms with Gasteiger partial charge in [-0.1, -0.05) is 36.4 Å². The summed E-state index contributed by atoms with van der Waals surface area (Å²) in [6.07, 6.45) is 2.29. The number of rotatable bonds is 8. The molecule has 3 aromatic carbocycles. The summed E-state index contributed by atoms with van der Waals surface area (Å²) in [7, 11) is 0. The predicted molar refractivity (Wildman–Crippen MR) is 126 cm³/mol. The second-order valence-corrected chi connectivity index (χ2v) is 8.67. The van der Waals surface area contributed by atoms with Crippen LogP contribution in [0.4, 0.5) is 4.39 Å². The zero-order chi connectivity index (χ0) is 21.6. The van der Waals surface area contributed by atoms with Crippen LogP contribution in [0.15, 0.2) is 77.7 Å². The van der Waals surface area contributed by atoms with E-state index in [1.807, 2.05) is 31.2 Å². The molecule has 0 radical (unpaired) electrons. The zero-order valence-corrected chi connectivity index (χ0v) is 18.9. The molecule has 162 valence electrons. The van der Waals surface area contributed by atoms with Crippen molar-refractivity contribution < 1.29 is 9.13 Å². The van der Waals surface area contributed by atoms with Crippen LogP contribution < -0.4 is 4.74 Å². The van der Waals surface area contributed by atoms with Gasteiger partial charge in [0, 0.05) is 31.1 Å². The van der Waals surface area contributed by atoms with Crippen LogP contribution in [0.1, 0.15) is 29.8 Å². The summed E-state index contributed by atoms with van der Waals surface area (Å²) >= 11 is 1.76. The lowest BCUT2D eigenvalue weighted by molar-refractivity contribution is 0.125. The average Bonchev–Trinajstić information content (AvgIpc) is 3.18. The Hall–Kier alpha value is -2.34. The fourth-order valence-corrected chi connectivity index (χ4v) is 4.59. The number of nitrogens with zero attached hydrogens (tertiary/aromatic N) is 2. The molecule has 1 fully saturated rings. The lowest BCUT2D eigenvalue weighted by Crippen LogP contribution is -2.30. The smallest absolute Gasteiger partial charge is 0.123 e. The molecule has 0 bridgehead atoms. The highest BCUT2D eigenvalue weighted by Gasteiger charge is 2.33. The number of hydrogen-bond acceptors (Lipinski definition) is 4. The highest BCUT2D eigenvalue weighted by molar-refractivity contribution is 7.98. The summed E-state index contributed by atoms with van der Waals surface area (Å²) in [5, 5.41) is 0. The fraction of sp³-hybridized carbons (Fsp3) is 0.308. The molecule has 4 rings (SSSR count). The van der Waals surface area contributed by atoms with Crippen molar-refractivity contribution in [2.24, 2.45) is 0 Å². The van der Waals surface area contributed by atoms with Gasteiger partial charge in [-0.3, -0.25) is 9.80 Å². The molecule has 0 amide bonds. The summed E-state index contributed by atoms with van der Waals surface area (Å²) in [5.74, 6) is 0.723. The van der Waals surface area contributed by atoms with E-state index in [-0.39, 0.29) is 12.0 Å². The molecule has 1 unspecified atom stereocenters. The van der Waals surface area contributed by atoms with Crippen molar-refractivity contribution in [3.63, 3.8) is 0 Å². The Balaban J connectivity index is 1.56. The molecular weight excluding hydrogens is 407 g/mol. The van der Waals surface area contributed by atoms with Crippen LogP contribution >= 0.6 is 11.8 Å². The first kappa shape index (κ1) is 21.9. The standard InChI is InChI=1S/C26H29FN2OS/c1-3-30-24-12-6-21(7-13-24)19-29-17-16-28(18-20-4-10-23(27)11-5-20)26(29)22-8-14-25(31-2)15-9-22/h4-15,26H,3,16-19H2,1-2H3. The predicted octanol–water partition coefficient (Wildman–Crippen LogP) is 5.96. The summed E-state index contributed by atoms with van der Waals surface area (Å²) in [6, 6.07) is 24.2. The zero-order valence-electron chi connectivity index (χ0n) is 18.1. The van der Waals surface area contributed by atoms with E-state index in [1.165, 1.54) is 16.0 Å². The molecule has 0 saturated carbocycles. The van der Waals surface area contributed by atoms with Crippen molar-refractivity contribution in [3.05, 3.63) is 95.3 Å². The third kappa shape index (κ3) is 5.48. The van der Waals surface area contributed by atoms with E-state index in [4.69, 9.17) is 4.74 Å². The first-order valence-electron chi connectivity index (χ1n) is 10.7. The van der Waals surface area contributed by atoms with Gasteiger partial charge < -0.3 is 4.74 Å². The second-order valence-electron chi connectivity index (χ2n) is 7.79. The van der Waals surface area contributed by atoms with Crippen LogP contribution in [0.2, 0.25) is 0 Å². The third-order valence-corrected chi connectivity index (χ3v) is 6.44. The van der Waals surface area contributed by atoms with Crippen molar-refractivity contribution in [3.8, 4) is 5.75 Å². The van der Waals surface area contributed by atoms with Gasteiger partial charge in [0.05, 0.1) is 12.8 Å². The van der Waals surface area contributed by atoms with E-state index in [1.54, 1.807) is 23.9 Å². The molecule has 5 heteroatoms. The summed E-state index contributed by atoms with van der Waals surface area (Å²) < 4.78 is 18.9. The van der Waals surface area contributed by atoms with Gasteiger partial charge in [-0.2, -0.15) is 0 Å². The molecule has 1 aliphatic rings. The Morgan fingerprint density at radius 3 is 1.90 bits per heavy atom. The first-order chi connectivity index (χ1) is 15.2. The van der Waals surface area contributed by atoms with E-state index in [9.17, 15) is 4.39 Å². The Kier molecular flexibility index (Phi) is 7.28. The van der Waals surface area contributed by atoms with Crippen molar-refractivity contribution in [1.29, 1.82) is 0 Å². The molecule has 3 nitrogen and oxygen atoms in total. The number of ether oxygens (including phenoxy) is 1. The molecule has 3 aromatic rings. The minimum atomic E-state index is -0.188. The van der Waals surface area contributed by atoms with Crippen LogP contribution in [-0.4, -0.2) is 35.8 Å². The number of benzene rings is 3. The Labute approximate surface area is 188 Å². The molecule has 1 heterocycles. The molecule has 1 atom stereocenters. The van der Waals surface area contributed by atoms with Crippen LogP contribution in [0.5, 0.6) is 5.75 Å². The van der Waals surface area contributed by atoms with Gasteiger partial charge in [0.15, 0.2) is 0 Å². The number of thioether (sulfide) groups is 1. The molecule has 0 N–H and O–H groups in total. The Bertz CT molecular complexity index is 960. The van der Waals surface area contributed by atoms with Gasteiger partial charge in [-0.25, -0.2) is 4.39 Å². The van der Waals surface area contributed by atoms with Gasteiger partial charge >= 0.3 is 0 Å². The quantitative estimate of drug-likeness (QED) is 0.405. The minimum absolute atomic E-state index is 0.188. The molecular formula is C26H29FN2OS. The second kappa shape index (κ2) is 10.3. The largest absolute Gasteiger partial charge is 0.494 e. The minimum Gasteiger partial charge on any atom is -0.494 e. The Morgan fingerprint density at radius 2 is 1.39 bits per heavy atom. The van der Waals surface area contributed by atoms with E-state index in [0.717, 1.165) is 37.5 Å².